The molecule has 2 aromatic rings. The van der Waals surface area contributed by atoms with Crippen molar-refractivity contribution in [2.75, 3.05) is 7.11 Å². The zero-order chi connectivity index (χ0) is 14.2. The second-order valence-electron chi connectivity index (χ2n) is 3.70. The first-order valence-electron chi connectivity index (χ1n) is 5.12. The molecule has 0 aromatic heterocycles. The van der Waals surface area contributed by atoms with Gasteiger partial charge in [0.05, 0.1) is 27.2 Å². The van der Waals surface area contributed by atoms with Gasteiger partial charge in [-0.1, -0.05) is 64.1 Å². The molecule has 100 valence electrons. The van der Waals surface area contributed by atoms with Gasteiger partial charge in [-0.15, -0.1) is 0 Å². The smallest absolute Gasteiger partial charge is 0.157 e. The molecule has 0 fully saturated rings. The van der Waals surface area contributed by atoms with Gasteiger partial charge < -0.3 is 4.74 Å². The summed E-state index contributed by atoms with van der Waals surface area (Å²) < 4.78 is 5.09. The van der Waals surface area contributed by atoms with Gasteiger partial charge in [-0.3, -0.25) is 0 Å². The van der Waals surface area contributed by atoms with Crippen molar-refractivity contribution in [3.05, 3.63) is 49.4 Å². The van der Waals surface area contributed by atoms with Gasteiger partial charge in [0.1, 0.15) is 5.02 Å². The number of rotatable bonds is 2. The van der Waals surface area contributed by atoms with E-state index < -0.39 is 0 Å². The largest absolute Gasteiger partial charge is 0.494 e. The molecular formula is C13H7Cl5O. The lowest BCUT2D eigenvalue weighted by atomic mass is 10.1. The molecule has 0 heterocycles. The summed E-state index contributed by atoms with van der Waals surface area (Å²) in [6.45, 7) is 0. The third kappa shape index (κ3) is 2.91. The predicted molar refractivity (Wildman–Crippen MR) is 83.5 cm³/mol. The molecule has 0 saturated carbocycles. The third-order valence-corrected chi connectivity index (χ3v) is 4.42. The Morgan fingerprint density at radius 3 is 2.05 bits per heavy atom. The Morgan fingerprint density at radius 2 is 1.47 bits per heavy atom. The number of hydrogen-bond acceptors (Lipinski definition) is 1. The average molecular weight is 356 g/mol. The summed E-state index contributed by atoms with van der Waals surface area (Å²) in [5.41, 5.74) is 1.43. The second-order valence-corrected chi connectivity index (χ2v) is 5.67. The fourth-order valence-corrected chi connectivity index (χ4v) is 2.80. The minimum absolute atomic E-state index is 0.262. The minimum Gasteiger partial charge on any atom is -0.494 e. The van der Waals surface area contributed by atoms with Crippen LogP contribution in [-0.2, 0) is 0 Å². The van der Waals surface area contributed by atoms with Crippen molar-refractivity contribution in [1.82, 2.24) is 0 Å². The molecule has 19 heavy (non-hydrogen) atoms. The van der Waals surface area contributed by atoms with Crippen molar-refractivity contribution in [3.8, 4) is 16.9 Å². The van der Waals surface area contributed by atoms with Crippen LogP contribution >= 0.6 is 58.0 Å². The van der Waals surface area contributed by atoms with E-state index in [1.807, 2.05) is 0 Å². The molecule has 0 bridgehead atoms. The van der Waals surface area contributed by atoms with Crippen molar-refractivity contribution in [2.45, 2.75) is 0 Å². The van der Waals surface area contributed by atoms with Crippen molar-refractivity contribution >= 4 is 58.0 Å². The standard InChI is InChI=1S/C13H7Cl5O/c1-19-13-10(16)5-7(11(17)12(13)18)6-2-3-8(14)9(15)4-6/h2-5H,1H3. The van der Waals surface area contributed by atoms with E-state index in [-0.39, 0.29) is 5.02 Å². The number of benzene rings is 2. The Kier molecular flexibility index (Phi) is 4.75. The maximum absolute atomic E-state index is 6.23. The van der Waals surface area contributed by atoms with Gasteiger partial charge in [0.25, 0.3) is 0 Å². The Hall–Kier alpha value is -0.310. The fraction of sp³-hybridized carbons (Fsp3) is 0.0769. The van der Waals surface area contributed by atoms with Gasteiger partial charge in [-0.05, 0) is 23.8 Å². The van der Waals surface area contributed by atoms with E-state index >= 15 is 0 Å². The first-order valence-corrected chi connectivity index (χ1v) is 7.01. The van der Waals surface area contributed by atoms with Crippen LogP contribution in [-0.4, -0.2) is 7.11 Å². The molecule has 2 rings (SSSR count). The van der Waals surface area contributed by atoms with Crippen LogP contribution in [0, 0.1) is 0 Å². The topological polar surface area (TPSA) is 9.23 Å². The molecule has 0 aliphatic rings. The highest BCUT2D eigenvalue weighted by molar-refractivity contribution is 6.46. The zero-order valence-electron chi connectivity index (χ0n) is 9.61. The monoisotopic (exact) mass is 354 g/mol. The molecule has 0 aliphatic carbocycles. The van der Waals surface area contributed by atoms with Crippen LogP contribution in [0.15, 0.2) is 24.3 Å². The zero-order valence-corrected chi connectivity index (χ0v) is 13.4. The summed E-state index contributed by atoms with van der Waals surface area (Å²) >= 11 is 30.3. The van der Waals surface area contributed by atoms with Gasteiger partial charge in [0, 0.05) is 5.56 Å². The van der Waals surface area contributed by atoms with Gasteiger partial charge in [0.15, 0.2) is 5.75 Å². The van der Waals surface area contributed by atoms with E-state index in [0.29, 0.717) is 31.4 Å². The summed E-state index contributed by atoms with van der Waals surface area (Å²) in [6, 6.07) is 6.84. The molecule has 6 heteroatoms. The molecule has 0 spiro atoms. The Balaban J connectivity index is 2.66. The van der Waals surface area contributed by atoms with E-state index in [9.17, 15) is 0 Å². The quantitative estimate of drug-likeness (QED) is 0.549. The Bertz CT molecular complexity index is 639. The van der Waals surface area contributed by atoms with Crippen LogP contribution in [0.5, 0.6) is 5.75 Å². The predicted octanol–water partition coefficient (Wildman–Crippen LogP) is 6.63. The SMILES string of the molecule is COc1c(Cl)cc(-c2ccc(Cl)c(Cl)c2)c(Cl)c1Cl. The number of methoxy groups -OCH3 is 1. The minimum atomic E-state index is 0.262. The van der Waals surface area contributed by atoms with Gasteiger partial charge in [-0.2, -0.15) is 0 Å². The molecule has 1 nitrogen and oxygen atoms in total. The maximum Gasteiger partial charge on any atom is 0.157 e. The van der Waals surface area contributed by atoms with Crippen LogP contribution in [0.2, 0.25) is 25.1 Å². The van der Waals surface area contributed by atoms with Gasteiger partial charge in [-0.25, -0.2) is 0 Å². The lowest BCUT2D eigenvalue weighted by Gasteiger charge is -2.12. The second kappa shape index (κ2) is 5.99. The molecule has 0 radical (unpaired) electrons. The van der Waals surface area contributed by atoms with E-state index in [1.165, 1.54) is 7.11 Å². The average Bonchev–Trinajstić information content (AvgIpc) is 2.38. The maximum atomic E-state index is 6.23. The first-order chi connectivity index (χ1) is 8.95. The third-order valence-electron chi connectivity index (χ3n) is 2.55. The molecule has 0 atom stereocenters. The van der Waals surface area contributed by atoms with Crippen molar-refractivity contribution in [2.24, 2.45) is 0 Å². The van der Waals surface area contributed by atoms with Gasteiger partial charge in [0.2, 0.25) is 0 Å². The molecule has 0 saturated heterocycles. The molecular weight excluding hydrogens is 349 g/mol. The van der Waals surface area contributed by atoms with E-state index in [1.54, 1.807) is 24.3 Å². The van der Waals surface area contributed by atoms with Crippen molar-refractivity contribution in [1.29, 1.82) is 0 Å². The van der Waals surface area contributed by atoms with Crippen molar-refractivity contribution in [3.63, 3.8) is 0 Å². The highest BCUT2D eigenvalue weighted by atomic mass is 35.5. The Labute approximate surface area is 135 Å². The number of hydrogen-bond donors (Lipinski definition) is 0. The van der Waals surface area contributed by atoms with Crippen LogP contribution in [0.4, 0.5) is 0 Å². The Morgan fingerprint density at radius 1 is 0.789 bits per heavy atom. The summed E-state index contributed by atoms with van der Waals surface area (Å²) in [7, 11) is 1.47. The van der Waals surface area contributed by atoms with Gasteiger partial charge >= 0.3 is 0 Å². The fourth-order valence-electron chi connectivity index (χ4n) is 1.64. The molecule has 0 amide bonds. The van der Waals surface area contributed by atoms with E-state index in [2.05, 4.69) is 0 Å². The molecule has 0 N–H and O–H groups in total. The molecule has 0 aliphatic heterocycles. The van der Waals surface area contributed by atoms with Crippen molar-refractivity contribution < 1.29 is 4.74 Å². The van der Waals surface area contributed by atoms with Crippen LogP contribution in [0.3, 0.4) is 0 Å². The lowest BCUT2D eigenvalue weighted by molar-refractivity contribution is 0.415. The molecule has 0 unspecified atom stereocenters. The normalized spacial score (nSPS) is 10.6. The van der Waals surface area contributed by atoms with Crippen LogP contribution in [0.1, 0.15) is 0 Å². The molecule has 2 aromatic carbocycles. The van der Waals surface area contributed by atoms with E-state index in [4.69, 9.17) is 62.7 Å². The highest BCUT2D eigenvalue weighted by Gasteiger charge is 2.16. The lowest BCUT2D eigenvalue weighted by Crippen LogP contribution is -1.89. The first kappa shape index (κ1) is 15.1. The number of halogens is 5. The highest BCUT2D eigenvalue weighted by Crippen LogP contribution is 2.44. The van der Waals surface area contributed by atoms with Crippen LogP contribution < -0.4 is 4.74 Å². The number of ether oxygens (including phenoxy) is 1. The van der Waals surface area contributed by atoms with E-state index in [0.717, 1.165) is 5.56 Å². The summed E-state index contributed by atoms with van der Waals surface area (Å²) in [6.07, 6.45) is 0. The summed E-state index contributed by atoms with van der Waals surface area (Å²) in [5, 5.41) is 1.88. The summed E-state index contributed by atoms with van der Waals surface area (Å²) in [5.74, 6) is 0.345. The summed E-state index contributed by atoms with van der Waals surface area (Å²) in [4.78, 5) is 0. The van der Waals surface area contributed by atoms with Crippen LogP contribution in [0.25, 0.3) is 11.1 Å².